The summed E-state index contributed by atoms with van der Waals surface area (Å²) < 4.78 is 17.2. The maximum atomic E-state index is 6.08. The van der Waals surface area contributed by atoms with Crippen LogP contribution >= 0.6 is 0 Å². The number of fused-ring (bicyclic) bond motifs is 1. The van der Waals surface area contributed by atoms with Crippen molar-refractivity contribution in [2.24, 2.45) is 0 Å². The molecule has 2 heterocycles. The molecule has 2 aliphatic rings. The van der Waals surface area contributed by atoms with Gasteiger partial charge in [0.15, 0.2) is 0 Å². The van der Waals surface area contributed by atoms with Crippen molar-refractivity contribution >= 4 is 0 Å². The van der Waals surface area contributed by atoms with Crippen molar-refractivity contribution in [2.75, 3.05) is 54.1 Å². The molecule has 0 bridgehead atoms. The van der Waals surface area contributed by atoms with E-state index in [0.717, 1.165) is 44.3 Å². The lowest BCUT2D eigenvalue weighted by atomic mass is 9.84. The molecule has 2 unspecified atom stereocenters. The first kappa shape index (κ1) is 19.2. The molecule has 1 fully saturated rings. The fraction of sp³-hybridized carbons (Fsp3) is 0.478. The zero-order valence-corrected chi connectivity index (χ0v) is 17.1. The first-order chi connectivity index (χ1) is 13.6. The Labute approximate surface area is 167 Å². The Hall–Kier alpha value is -2.08. The summed E-state index contributed by atoms with van der Waals surface area (Å²) in [4.78, 5) is 4.67. The first-order valence-electron chi connectivity index (χ1n) is 10.0. The normalized spacial score (nSPS) is 23.2. The second-order valence-corrected chi connectivity index (χ2v) is 7.95. The van der Waals surface area contributed by atoms with Gasteiger partial charge >= 0.3 is 0 Å². The zero-order chi connectivity index (χ0) is 19.5. The largest absolute Gasteiger partial charge is 0.497 e. The van der Waals surface area contributed by atoms with E-state index in [-0.39, 0.29) is 6.10 Å². The van der Waals surface area contributed by atoms with E-state index in [9.17, 15) is 0 Å². The third-order valence-electron chi connectivity index (χ3n) is 5.72. The maximum absolute atomic E-state index is 6.08. The van der Waals surface area contributed by atoms with Crippen molar-refractivity contribution < 1.29 is 14.2 Å². The van der Waals surface area contributed by atoms with Gasteiger partial charge in [-0.05, 0) is 55.1 Å². The third-order valence-corrected chi connectivity index (χ3v) is 5.72. The molecular formula is C23H30N2O3. The summed E-state index contributed by atoms with van der Waals surface area (Å²) in [6, 6.07) is 15.0. The van der Waals surface area contributed by atoms with E-state index in [1.807, 2.05) is 12.1 Å². The molecule has 150 valence electrons. The summed E-state index contributed by atoms with van der Waals surface area (Å²) >= 11 is 0. The van der Waals surface area contributed by atoms with E-state index >= 15 is 0 Å². The molecule has 0 amide bonds. The van der Waals surface area contributed by atoms with E-state index < -0.39 is 0 Å². The van der Waals surface area contributed by atoms with Crippen LogP contribution in [-0.2, 0) is 11.3 Å². The maximum Gasteiger partial charge on any atom is 0.119 e. The molecule has 2 atom stereocenters. The van der Waals surface area contributed by atoms with Crippen molar-refractivity contribution in [1.82, 2.24) is 9.80 Å². The predicted octanol–water partition coefficient (Wildman–Crippen LogP) is 2.98. The van der Waals surface area contributed by atoms with Crippen LogP contribution in [-0.4, -0.2) is 70.0 Å². The Bertz CT molecular complexity index is 793. The third kappa shape index (κ3) is 4.32. The Kier molecular flexibility index (Phi) is 5.85. The summed E-state index contributed by atoms with van der Waals surface area (Å²) in [5.74, 6) is 2.19. The van der Waals surface area contributed by atoms with Crippen molar-refractivity contribution in [3.63, 3.8) is 0 Å². The molecule has 5 heteroatoms. The summed E-state index contributed by atoms with van der Waals surface area (Å²) in [5, 5.41) is 0. The van der Waals surface area contributed by atoms with Gasteiger partial charge in [-0.2, -0.15) is 0 Å². The van der Waals surface area contributed by atoms with Gasteiger partial charge in [-0.1, -0.05) is 18.2 Å². The fourth-order valence-electron chi connectivity index (χ4n) is 4.19. The number of rotatable bonds is 5. The number of hydrogen-bond donors (Lipinski definition) is 0. The highest BCUT2D eigenvalue weighted by molar-refractivity contribution is 5.45. The summed E-state index contributed by atoms with van der Waals surface area (Å²) in [7, 11) is 6.01. The average Bonchev–Trinajstić information content (AvgIpc) is 2.71. The highest BCUT2D eigenvalue weighted by Crippen LogP contribution is 2.35. The van der Waals surface area contributed by atoms with Crippen molar-refractivity contribution in [3.8, 4) is 11.5 Å². The topological polar surface area (TPSA) is 34.2 Å². The van der Waals surface area contributed by atoms with Crippen LogP contribution < -0.4 is 9.47 Å². The minimum atomic E-state index is 0.143. The molecule has 28 heavy (non-hydrogen) atoms. The molecule has 0 aromatic heterocycles. The summed E-state index contributed by atoms with van der Waals surface area (Å²) in [6.45, 7) is 5.26. The lowest BCUT2D eigenvalue weighted by molar-refractivity contribution is -0.0403. The van der Waals surface area contributed by atoms with Crippen LogP contribution in [0.5, 0.6) is 11.5 Å². The van der Waals surface area contributed by atoms with E-state index in [4.69, 9.17) is 14.2 Å². The van der Waals surface area contributed by atoms with Crippen LogP contribution in [0.15, 0.2) is 42.5 Å². The molecule has 2 aromatic rings. The number of hydrogen-bond acceptors (Lipinski definition) is 5. The molecule has 5 nitrogen and oxygen atoms in total. The molecule has 0 aliphatic carbocycles. The van der Waals surface area contributed by atoms with Gasteiger partial charge in [-0.15, -0.1) is 0 Å². The van der Waals surface area contributed by atoms with Crippen LogP contribution in [0.25, 0.3) is 0 Å². The van der Waals surface area contributed by atoms with E-state index in [1.165, 1.54) is 16.7 Å². The lowest BCUT2D eigenvalue weighted by Gasteiger charge is -2.33. The van der Waals surface area contributed by atoms with Gasteiger partial charge in [0.05, 0.1) is 13.7 Å². The highest BCUT2D eigenvalue weighted by Gasteiger charge is 2.25. The quantitative estimate of drug-likeness (QED) is 0.794. The first-order valence-corrected chi connectivity index (χ1v) is 10.0. The van der Waals surface area contributed by atoms with Gasteiger partial charge in [0.1, 0.15) is 24.2 Å². The molecule has 0 spiro atoms. The van der Waals surface area contributed by atoms with E-state index in [1.54, 1.807) is 7.11 Å². The molecular weight excluding hydrogens is 352 g/mol. The number of nitrogens with zero attached hydrogens (tertiary/aromatic N) is 2. The van der Waals surface area contributed by atoms with Gasteiger partial charge in [0, 0.05) is 32.1 Å². The highest BCUT2D eigenvalue weighted by atomic mass is 16.5. The standard InChI is InChI=1S/C23H30N2O3/c1-24-10-11-27-21(14-24)16-28-20-8-9-22-18(12-20)13-25(2)15-23(22)17-4-6-19(26-3)7-5-17/h4-9,12,21,23H,10-11,13-16H2,1-3H3. The fourth-order valence-corrected chi connectivity index (χ4v) is 4.19. The van der Waals surface area contributed by atoms with Crippen LogP contribution in [0, 0.1) is 0 Å². The van der Waals surface area contributed by atoms with Gasteiger partial charge in [0.2, 0.25) is 0 Å². The Morgan fingerprint density at radius 3 is 2.54 bits per heavy atom. The Balaban J connectivity index is 1.49. The average molecular weight is 383 g/mol. The van der Waals surface area contributed by atoms with Crippen molar-refractivity contribution in [1.29, 1.82) is 0 Å². The van der Waals surface area contributed by atoms with E-state index in [2.05, 4.69) is 54.2 Å². The second kappa shape index (κ2) is 8.52. The van der Waals surface area contributed by atoms with Gasteiger partial charge in [-0.3, -0.25) is 0 Å². The van der Waals surface area contributed by atoms with Crippen LogP contribution in [0.2, 0.25) is 0 Å². The van der Waals surface area contributed by atoms with Crippen molar-refractivity contribution in [2.45, 2.75) is 18.6 Å². The number of methoxy groups -OCH3 is 1. The second-order valence-electron chi connectivity index (χ2n) is 7.95. The minimum absolute atomic E-state index is 0.143. The molecule has 2 aromatic carbocycles. The number of likely N-dealkylation sites (N-methyl/N-ethyl adjacent to an activating group) is 2. The van der Waals surface area contributed by atoms with Gasteiger partial charge < -0.3 is 24.0 Å². The van der Waals surface area contributed by atoms with Crippen LogP contribution in [0.4, 0.5) is 0 Å². The molecule has 0 radical (unpaired) electrons. The summed E-state index contributed by atoms with van der Waals surface area (Å²) in [6.07, 6.45) is 0.143. The molecule has 0 N–H and O–H groups in total. The lowest BCUT2D eigenvalue weighted by Crippen LogP contribution is -2.42. The van der Waals surface area contributed by atoms with Gasteiger partial charge in [-0.25, -0.2) is 0 Å². The van der Waals surface area contributed by atoms with Crippen LogP contribution in [0.1, 0.15) is 22.6 Å². The number of benzene rings is 2. The van der Waals surface area contributed by atoms with E-state index in [0.29, 0.717) is 12.5 Å². The van der Waals surface area contributed by atoms with Crippen LogP contribution in [0.3, 0.4) is 0 Å². The molecule has 4 rings (SSSR count). The monoisotopic (exact) mass is 382 g/mol. The van der Waals surface area contributed by atoms with Gasteiger partial charge in [0.25, 0.3) is 0 Å². The molecule has 2 aliphatic heterocycles. The minimum Gasteiger partial charge on any atom is -0.497 e. The molecule has 0 saturated carbocycles. The van der Waals surface area contributed by atoms with Crippen molar-refractivity contribution in [3.05, 3.63) is 59.2 Å². The smallest absolute Gasteiger partial charge is 0.119 e. The Morgan fingerprint density at radius 1 is 1.00 bits per heavy atom. The number of ether oxygens (including phenoxy) is 3. The number of morpholine rings is 1. The Morgan fingerprint density at radius 2 is 1.79 bits per heavy atom. The zero-order valence-electron chi connectivity index (χ0n) is 17.1. The summed E-state index contributed by atoms with van der Waals surface area (Å²) in [5.41, 5.74) is 4.05. The molecule has 1 saturated heterocycles. The predicted molar refractivity (Wildman–Crippen MR) is 110 cm³/mol. The SMILES string of the molecule is COc1ccc(C2CN(C)Cc3cc(OCC4CN(C)CCO4)ccc32)cc1.